The maximum absolute atomic E-state index is 13.1. The van der Waals surface area contributed by atoms with Crippen LogP contribution in [0.3, 0.4) is 0 Å². The Morgan fingerprint density at radius 2 is 2.26 bits per heavy atom. The number of benzene rings is 1. The molecule has 0 radical (unpaired) electrons. The van der Waals surface area contributed by atoms with Crippen LogP contribution in [0.2, 0.25) is 0 Å². The van der Waals surface area contributed by atoms with E-state index in [-0.39, 0.29) is 30.1 Å². The molecule has 1 aromatic rings. The summed E-state index contributed by atoms with van der Waals surface area (Å²) in [5.41, 5.74) is 5.73. The zero-order valence-electron chi connectivity index (χ0n) is 10.6. The lowest BCUT2D eigenvalue weighted by Gasteiger charge is -2.33. The number of morpholine rings is 1. The fourth-order valence-electron chi connectivity index (χ4n) is 1.96. The van der Waals surface area contributed by atoms with Crippen LogP contribution < -0.4 is 5.73 Å². The molecule has 0 amide bonds. The quantitative estimate of drug-likeness (QED) is 0.882. The van der Waals surface area contributed by atoms with Crippen molar-refractivity contribution < 1.29 is 17.5 Å². The summed E-state index contributed by atoms with van der Waals surface area (Å²) in [5.74, 6) is -0.571. The van der Waals surface area contributed by atoms with Gasteiger partial charge in [-0.05, 0) is 25.1 Å². The molecule has 106 valence electrons. The lowest BCUT2D eigenvalue weighted by atomic mass is 10.2. The summed E-state index contributed by atoms with van der Waals surface area (Å²) in [6.45, 7) is 2.50. The topological polar surface area (TPSA) is 72.6 Å². The third kappa shape index (κ3) is 3.11. The highest BCUT2D eigenvalue weighted by atomic mass is 32.2. The van der Waals surface area contributed by atoms with E-state index < -0.39 is 15.8 Å². The van der Waals surface area contributed by atoms with E-state index in [1.54, 1.807) is 6.92 Å². The molecular weight excluding hydrogens is 271 g/mol. The predicted octanol–water partition coefficient (Wildman–Crippen LogP) is 0.562. The highest BCUT2D eigenvalue weighted by Gasteiger charge is 2.32. The van der Waals surface area contributed by atoms with Gasteiger partial charge in [-0.3, -0.25) is 0 Å². The Kier molecular flexibility index (Phi) is 4.19. The van der Waals surface area contributed by atoms with E-state index in [0.29, 0.717) is 6.61 Å². The van der Waals surface area contributed by atoms with Crippen LogP contribution in [0.15, 0.2) is 29.2 Å². The molecule has 0 spiro atoms. The first-order valence-corrected chi connectivity index (χ1v) is 7.48. The van der Waals surface area contributed by atoms with E-state index in [0.717, 1.165) is 6.07 Å². The first-order chi connectivity index (χ1) is 8.91. The molecule has 1 fully saturated rings. The van der Waals surface area contributed by atoms with Gasteiger partial charge in [0.1, 0.15) is 5.82 Å². The van der Waals surface area contributed by atoms with Gasteiger partial charge in [-0.15, -0.1) is 0 Å². The van der Waals surface area contributed by atoms with Gasteiger partial charge in [0.25, 0.3) is 0 Å². The van der Waals surface area contributed by atoms with Crippen molar-refractivity contribution in [3.05, 3.63) is 30.1 Å². The van der Waals surface area contributed by atoms with Gasteiger partial charge in [0.15, 0.2) is 0 Å². The zero-order valence-corrected chi connectivity index (χ0v) is 11.4. The molecule has 1 aliphatic heterocycles. The normalized spacial score (nSPS) is 23.2. The number of ether oxygens (including phenoxy) is 1. The van der Waals surface area contributed by atoms with Crippen molar-refractivity contribution >= 4 is 10.0 Å². The summed E-state index contributed by atoms with van der Waals surface area (Å²) in [5, 5.41) is 0. The molecule has 2 rings (SSSR count). The van der Waals surface area contributed by atoms with E-state index in [2.05, 4.69) is 0 Å². The van der Waals surface area contributed by atoms with E-state index >= 15 is 0 Å². The highest BCUT2D eigenvalue weighted by Crippen LogP contribution is 2.20. The van der Waals surface area contributed by atoms with Crippen LogP contribution in [-0.2, 0) is 14.8 Å². The maximum atomic E-state index is 13.1. The second-order valence-electron chi connectivity index (χ2n) is 4.59. The molecular formula is C12H17FN2O3S. The van der Waals surface area contributed by atoms with Crippen molar-refractivity contribution in [3.63, 3.8) is 0 Å². The third-order valence-corrected chi connectivity index (χ3v) is 4.94. The lowest BCUT2D eigenvalue weighted by molar-refractivity contribution is -0.0120. The van der Waals surface area contributed by atoms with Gasteiger partial charge in [0, 0.05) is 19.1 Å². The maximum Gasteiger partial charge on any atom is 0.243 e. The van der Waals surface area contributed by atoms with Gasteiger partial charge >= 0.3 is 0 Å². The smallest absolute Gasteiger partial charge is 0.243 e. The minimum absolute atomic E-state index is 0.0437. The summed E-state index contributed by atoms with van der Waals surface area (Å²) in [6.07, 6.45) is -0.336. The molecule has 1 saturated heterocycles. The molecule has 19 heavy (non-hydrogen) atoms. The second-order valence-corrected chi connectivity index (χ2v) is 6.53. The molecule has 7 heteroatoms. The van der Waals surface area contributed by atoms with Gasteiger partial charge < -0.3 is 10.5 Å². The largest absolute Gasteiger partial charge is 0.374 e. The predicted molar refractivity (Wildman–Crippen MR) is 68.5 cm³/mol. The van der Waals surface area contributed by atoms with E-state index in [4.69, 9.17) is 10.5 Å². The number of hydrogen-bond acceptors (Lipinski definition) is 4. The van der Waals surface area contributed by atoms with Crippen molar-refractivity contribution in [2.24, 2.45) is 5.73 Å². The van der Waals surface area contributed by atoms with Crippen molar-refractivity contribution in [1.82, 2.24) is 4.31 Å². The molecule has 1 aliphatic rings. The SMILES string of the molecule is CC(N)C1CN(S(=O)(=O)c2cccc(F)c2)CCO1. The summed E-state index contributed by atoms with van der Waals surface area (Å²) >= 11 is 0. The molecule has 2 N–H and O–H groups in total. The molecule has 1 heterocycles. The van der Waals surface area contributed by atoms with E-state index in [1.807, 2.05) is 0 Å². The number of sulfonamides is 1. The van der Waals surface area contributed by atoms with Crippen molar-refractivity contribution in [2.45, 2.75) is 24.0 Å². The van der Waals surface area contributed by atoms with Gasteiger partial charge in [0.2, 0.25) is 10.0 Å². The monoisotopic (exact) mass is 288 g/mol. The fraction of sp³-hybridized carbons (Fsp3) is 0.500. The van der Waals surface area contributed by atoms with Crippen molar-refractivity contribution in [3.8, 4) is 0 Å². The van der Waals surface area contributed by atoms with Crippen LogP contribution >= 0.6 is 0 Å². The van der Waals surface area contributed by atoms with Crippen LogP contribution in [-0.4, -0.2) is 44.6 Å². The van der Waals surface area contributed by atoms with Crippen LogP contribution in [0.4, 0.5) is 4.39 Å². The zero-order chi connectivity index (χ0) is 14.0. The number of hydrogen-bond donors (Lipinski definition) is 1. The number of nitrogens with zero attached hydrogens (tertiary/aromatic N) is 1. The number of rotatable bonds is 3. The Morgan fingerprint density at radius 1 is 1.53 bits per heavy atom. The fourth-order valence-corrected chi connectivity index (χ4v) is 3.43. The lowest BCUT2D eigenvalue weighted by Crippen LogP contribution is -2.51. The molecule has 1 aromatic carbocycles. The summed E-state index contributed by atoms with van der Waals surface area (Å²) in [6, 6.07) is 4.74. The molecule has 0 saturated carbocycles. The first kappa shape index (κ1) is 14.4. The van der Waals surface area contributed by atoms with E-state index in [9.17, 15) is 12.8 Å². The van der Waals surface area contributed by atoms with Gasteiger partial charge in [0.05, 0.1) is 17.6 Å². The summed E-state index contributed by atoms with van der Waals surface area (Å²) in [7, 11) is -3.69. The molecule has 0 aromatic heterocycles. The van der Waals surface area contributed by atoms with Crippen LogP contribution in [0, 0.1) is 5.82 Å². The Hall–Kier alpha value is -1.02. The molecule has 2 unspecified atom stereocenters. The standard InChI is InChI=1S/C12H17FN2O3S/c1-9(14)12-8-15(5-6-18-12)19(16,17)11-4-2-3-10(13)7-11/h2-4,7,9,12H,5-6,8,14H2,1H3. The van der Waals surface area contributed by atoms with Crippen LogP contribution in [0.1, 0.15) is 6.92 Å². The minimum Gasteiger partial charge on any atom is -0.374 e. The first-order valence-electron chi connectivity index (χ1n) is 6.04. The molecule has 0 bridgehead atoms. The van der Waals surface area contributed by atoms with Crippen LogP contribution in [0.5, 0.6) is 0 Å². The van der Waals surface area contributed by atoms with E-state index in [1.165, 1.54) is 22.5 Å². The Balaban J connectivity index is 2.24. The molecule has 2 atom stereocenters. The third-order valence-electron chi connectivity index (χ3n) is 3.08. The summed E-state index contributed by atoms with van der Waals surface area (Å²) < 4.78 is 44.6. The minimum atomic E-state index is -3.69. The second kappa shape index (κ2) is 5.54. The van der Waals surface area contributed by atoms with Gasteiger partial charge in [-0.2, -0.15) is 4.31 Å². The van der Waals surface area contributed by atoms with Crippen molar-refractivity contribution in [1.29, 1.82) is 0 Å². The van der Waals surface area contributed by atoms with Crippen molar-refractivity contribution in [2.75, 3.05) is 19.7 Å². The average molecular weight is 288 g/mol. The van der Waals surface area contributed by atoms with Gasteiger partial charge in [-0.1, -0.05) is 6.07 Å². The average Bonchev–Trinajstić information content (AvgIpc) is 2.39. The number of nitrogens with two attached hydrogens (primary N) is 1. The number of halogens is 1. The van der Waals surface area contributed by atoms with Gasteiger partial charge in [-0.25, -0.2) is 12.8 Å². The van der Waals surface area contributed by atoms with Crippen LogP contribution in [0.25, 0.3) is 0 Å². The Morgan fingerprint density at radius 3 is 2.89 bits per heavy atom. The Bertz CT molecular complexity index is 548. The Labute approximate surface area is 112 Å². The summed E-state index contributed by atoms with van der Waals surface area (Å²) in [4.78, 5) is -0.0437. The highest BCUT2D eigenvalue weighted by molar-refractivity contribution is 7.89. The molecule has 0 aliphatic carbocycles. The molecule has 5 nitrogen and oxygen atoms in total.